The van der Waals surface area contributed by atoms with Gasteiger partial charge in [0.15, 0.2) is 5.65 Å². The van der Waals surface area contributed by atoms with Crippen LogP contribution in [0.25, 0.3) is 11.0 Å². The predicted octanol–water partition coefficient (Wildman–Crippen LogP) is 4.16. The Balaban J connectivity index is 1.61. The molecule has 1 fully saturated rings. The topological polar surface area (TPSA) is 84.8 Å². The van der Waals surface area contributed by atoms with Gasteiger partial charge in [-0.1, -0.05) is 19.3 Å². The average molecular weight is 367 g/mol. The molecule has 0 radical (unpaired) electrons. The summed E-state index contributed by atoms with van der Waals surface area (Å²) in [6, 6.07) is 7.92. The fourth-order valence-corrected chi connectivity index (χ4v) is 3.61. The first-order valence-electron chi connectivity index (χ1n) is 9.61. The fraction of sp³-hybridized carbons (Fsp3) is 0.450. The van der Waals surface area contributed by atoms with Crippen molar-refractivity contribution >= 4 is 22.7 Å². The monoisotopic (exact) mass is 367 g/mol. The van der Waals surface area contributed by atoms with E-state index in [-0.39, 0.29) is 11.7 Å². The van der Waals surface area contributed by atoms with Crippen molar-refractivity contribution in [2.45, 2.75) is 58.1 Å². The molecule has 7 nitrogen and oxygen atoms in total. The molecule has 2 aromatic heterocycles. The lowest BCUT2D eigenvalue weighted by Gasteiger charge is -2.22. The van der Waals surface area contributed by atoms with Gasteiger partial charge in [0, 0.05) is 5.69 Å². The molecule has 0 aliphatic heterocycles. The number of benzene rings is 1. The van der Waals surface area contributed by atoms with E-state index in [2.05, 4.69) is 20.4 Å². The van der Waals surface area contributed by atoms with Crippen LogP contribution in [0.5, 0.6) is 5.75 Å². The van der Waals surface area contributed by atoms with Crippen molar-refractivity contribution in [3.8, 4) is 5.75 Å². The van der Waals surface area contributed by atoms with E-state index >= 15 is 0 Å². The number of anilines is 2. The summed E-state index contributed by atoms with van der Waals surface area (Å²) in [5.41, 5.74) is 1.30. The average Bonchev–Trinajstić information content (AvgIpc) is 3.08. The summed E-state index contributed by atoms with van der Waals surface area (Å²) in [5, 5.41) is 8.17. The number of hydrogen-bond donors (Lipinski definition) is 2. The Morgan fingerprint density at radius 3 is 2.63 bits per heavy atom. The van der Waals surface area contributed by atoms with E-state index in [4.69, 9.17) is 4.74 Å². The molecule has 27 heavy (non-hydrogen) atoms. The number of hydrogen-bond acceptors (Lipinski definition) is 5. The number of rotatable bonds is 5. The van der Waals surface area contributed by atoms with Gasteiger partial charge < -0.3 is 10.1 Å². The number of nitrogens with zero attached hydrogens (tertiary/aromatic N) is 3. The molecule has 142 valence electrons. The standard InChI is InChI=1S/C20H25N5O2/c1-13(2)27-16-10-8-14(9-11-16)22-20-23-18-17(19(26)24-20)12-21-25(18)15-6-4-3-5-7-15/h8-13,15H,3-7H2,1-2H3,(H2,22,23,24,26). The second-order valence-electron chi connectivity index (χ2n) is 7.35. The minimum Gasteiger partial charge on any atom is -0.491 e. The van der Waals surface area contributed by atoms with Crippen LogP contribution in [0.1, 0.15) is 52.0 Å². The van der Waals surface area contributed by atoms with Crippen molar-refractivity contribution in [2.75, 3.05) is 5.32 Å². The highest BCUT2D eigenvalue weighted by atomic mass is 16.5. The summed E-state index contributed by atoms with van der Waals surface area (Å²) in [4.78, 5) is 19.9. The Labute approximate surface area is 157 Å². The molecule has 1 saturated carbocycles. The lowest BCUT2D eigenvalue weighted by Crippen LogP contribution is -2.16. The molecule has 0 spiro atoms. The van der Waals surface area contributed by atoms with E-state index in [1.54, 1.807) is 6.20 Å². The maximum Gasteiger partial charge on any atom is 0.263 e. The van der Waals surface area contributed by atoms with Crippen LogP contribution in [0.3, 0.4) is 0 Å². The van der Waals surface area contributed by atoms with Crippen molar-refractivity contribution < 1.29 is 4.74 Å². The SMILES string of the molecule is CC(C)Oc1ccc(Nc2nc3c(cnn3C3CCCCC3)c(=O)[nH]2)cc1. The third kappa shape index (κ3) is 3.82. The van der Waals surface area contributed by atoms with Gasteiger partial charge in [-0.05, 0) is 51.0 Å². The summed E-state index contributed by atoms with van der Waals surface area (Å²) in [5.74, 6) is 1.23. The smallest absolute Gasteiger partial charge is 0.263 e. The Kier molecular flexibility index (Phi) is 4.83. The first-order valence-corrected chi connectivity index (χ1v) is 9.61. The summed E-state index contributed by atoms with van der Waals surface area (Å²) < 4.78 is 7.58. The van der Waals surface area contributed by atoms with Crippen molar-refractivity contribution in [1.82, 2.24) is 19.7 Å². The number of aromatic nitrogens is 4. The Hall–Kier alpha value is -2.83. The quantitative estimate of drug-likeness (QED) is 0.707. The van der Waals surface area contributed by atoms with E-state index in [0.29, 0.717) is 23.0 Å². The van der Waals surface area contributed by atoms with E-state index in [9.17, 15) is 4.79 Å². The zero-order valence-electron chi connectivity index (χ0n) is 15.7. The second kappa shape index (κ2) is 7.42. The molecule has 0 unspecified atom stereocenters. The highest BCUT2D eigenvalue weighted by molar-refractivity contribution is 5.75. The van der Waals surface area contributed by atoms with Gasteiger partial charge in [-0.15, -0.1) is 0 Å². The molecule has 0 saturated heterocycles. The molecule has 1 aliphatic rings. The van der Waals surface area contributed by atoms with Gasteiger partial charge in [0.1, 0.15) is 11.1 Å². The molecule has 1 aliphatic carbocycles. The molecule has 4 rings (SSSR count). The summed E-state index contributed by atoms with van der Waals surface area (Å²) in [6.07, 6.45) is 7.60. The maximum absolute atomic E-state index is 12.5. The first-order chi connectivity index (χ1) is 13.1. The molecule has 3 aromatic rings. The van der Waals surface area contributed by atoms with Gasteiger partial charge in [0.05, 0.1) is 18.3 Å². The van der Waals surface area contributed by atoms with Gasteiger partial charge in [-0.2, -0.15) is 10.1 Å². The highest BCUT2D eigenvalue weighted by Gasteiger charge is 2.20. The number of aromatic amines is 1. The lowest BCUT2D eigenvalue weighted by atomic mass is 9.96. The normalized spacial score (nSPS) is 15.4. The summed E-state index contributed by atoms with van der Waals surface area (Å²) >= 11 is 0. The third-order valence-electron chi connectivity index (χ3n) is 4.87. The number of H-pyrrole nitrogens is 1. The van der Waals surface area contributed by atoms with Crippen LogP contribution in [-0.4, -0.2) is 25.9 Å². The summed E-state index contributed by atoms with van der Waals surface area (Å²) in [7, 11) is 0. The molecule has 2 heterocycles. The van der Waals surface area contributed by atoms with Crippen LogP contribution < -0.4 is 15.6 Å². The van der Waals surface area contributed by atoms with Crippen molar-refractivity contribution in [3.05, 3.63) is 40.8 Å². The molecular formula is C20H25N5O2. The van der Waals surface area contributed by atoms with Crippen molar-refractivity contribution in [2.24, 2.45) is 0 Å². The Morgan fingerprint density at radius 2 is 1.93 bits per heavy atom. The maximum atomic E-state index is 12.5. The second-order valence-corrected chi connectivity index (χ2v) is 7.35. The lowest BCUT2D eigenvalue weighted by molar-refractivity contribution is 0.242. The molecule has 7 heteroatoms. The zero-order valence-corrected chi connectivity index (χ0v) is 15.7. The molecule has 0 bridgehead atoms. The molecule has 0 amide bonds. The molecule has 1 aromatic carbocycles. The van der Waals surface area contributed by atoms with Gasteiger partial charge in [0.2, 0.25) is 5.95 Å². The van der Waals surface area contributed by atoms with Crippen LogP contribution in [0.4, 0.5) is 11.6 Å². The first kappa shape index (κ1) is 17.6. The van der Waals surface area contributed by atoms with E-state index < -0.39 is 0 Å². The van der Waals surface area contributed by atoms with Crippen molar-refractivity contribution in [3.63, 3.8) is 0 Å². The Bertz CT molecular complexity index is 968. The Morgan fingerprint density at radius 1 is 1.19 bits per heavy atom. The van der Waals surface area contributed by atoms with Crippen LogP contribution in [-0.2, 0) is 0 Å². The van der Waals surface area contributed by atoms with Crippen LogP contribution >= 0.6 is 0 Å². The number of ether oxygens (including phenoxy) is 1. The van der Waals surface area contributed by atoms with E-state index in [0.717, 1.165) is 24.3 Å². The van der Waals surface area contributed by atoms with Crippen molar-refractivity contribution in [1.29, 1.82) is 0 Å². The third-order valence-corrected chi connectivity index (χ3v) is 4.87. The molecule has 2 N–H and O–H groups in total. The predicted molar refractivity (Wildman–Crippen MR) is 106 cm³/mol. The number of nitrogens with one attached hydrogen (secondary N) is 2. The number of fused-ring (bicyclic) bond motifs is 1. The summed E-state index contributed by atoms with van der Waals surface area (Å²) in [6.45, 7) is 3.98. The van der Waals surface area contributed by atoms with E-state index in [1.165, 1.54) is 19.3 Å². The zero-order chi connectivity index (χ0) is 18.8. The van der Waals surface area contributed by atoms with Crippen LogP contribution in [0, 0.1) is 0 Å². The van der Waals surface area contributed by atoms with Gasteiger partial charge in [-0.25, -0.2) is 4.68 Å². The molecular weight excluding hydrogens is 342 g/mol. The van der Waals surface area contributed by atoms with E-state index in [1.807, 2.05) is 42.8 Å². The minimum atomic E-state index is -0.177. The van der Waals surface area contributed by atoms with Crippen LogP contribution in [0.15, 0.2) is 35.3 Å². The van der Waals surface area contributed by atoms with Gasteiger partial charge >= 0.3 is 0 Å². The fourth-order valence-electron chi connectivity index (χ4n) is 3.61. The highest BCUT2D eigenvalue weighted by Crippen LogP contribution is 2.29. The minimum absolute atomic E-state index is 0.129. The molecule has 0 atom stereocenters. The largest absolute Gasteiger partial charge is 0.491 e. The van der Waals surface area contributed by atoms with Gasteiger partial charge in [-0.3, -0.25) is 9.78 Å². The van der Waals surface area contributed by atoms with Crippen LogP contribution in [0.2, 0.25) is 0 Å². The van der Waals surface area contributed by atoms with Gasteiger partial charge in [0.25, 0.3) is 5.56 Å².